The van der Waals surface area contributed by atoms with Crippen LogP contribution in [0.15, 0.2) is 35.7 Å². The van der Waals surface area contributed by atoms with Crippen molar-refractivity contribution in [2.45, 2.75) is 38.6 Å². The highest BCUT2D eigenvalue weighted by Gasteiger charge is 2.31. The standard InChI is InChI=1S/C20H23N3O2S/c1-2-16-14-10-13-26-18(14)9-12-23(16)20(25)21-15-6-3-4-7-17(15)22-11-5-8-19(22)24/h3-4,6-7,10,13,16H,2,5,8-9,11-12H2,1H3,(H,21,25). The van der Waals surface area contributed by atoms with Gasteiger partial charge in [0.2, 0.25) is 5.91 Å². The molecule has 1 aromatic carbocycles. The fraction of sp³-hybridized carbons (Fsp3) is 0.400. The summed E-state index contributed by atoms with van der Waals surface area (Å²) in [7, 11) is 0. The first kappa shape index (κ1) is 17.1. The second-order valence-corrected chi connectivity index (χ2v) is 7.76. The van der Waals surface area contributed by atoms with E-state index in [1.165, 1.54) is 10.4 Å². The Kier molecular flexibility index (Phi) is 4.68. The van der Waals surface area contributed by atoms with E-state index in [9.17, 15) is 9.59 Å². The molecule has 1 unspecified atom stereocenters. The van der Waals surface area contributed by atoms with Crippen molar-refractivity contribution in [3.05, 3.63) is 46.2 Å². The van der Waals surface area contributed by atoms with Crippen LogP contribution < -0.4 is 10.2 Å². The first-order valence-corrected chi connectivity index (χ1v) is 10.1. The van der Waals surface area contributed by atoms with Crippen molar-refractivity contribution in [1.82, 2.24) is 4.90 Å². The maximum atomic E-state index is 13.0. The summed E-state index contributed by atoms with van der Waals surface area (Å²) >= 11 is 1.78. The first-order chi connectivity index (χ1) is 12.7. The maximum Gasteiger partial charge on any atom is 0.322 e. The van der Waals surface area contributed by atoms with Crippen LogP contribution in [0.4, 0.5) is 16.2 Å². The van der Waals surface area contributed by atoms with Gasteiger partial charge in [-0.2, -0.15) is 0 Å². The van der Waals surface area contributed by atoms with Gasteiger partial charge in [-0.25, -0.2) is 4.79 Å². The quantitative estimate of drug-likeness (QED) is 0.871. The number of nitrogens with one attached hydrogen (secondary N) is 1. The number of fused-ring (bicyclic) bond motifs is 1. The number of carbonyl (C=O) groups is 2. The van der Waals surface area contributed by atoms with E-state index in [0.717, 1.165) is 31.5 Å². The lowest BCUT2D eigenvalue weighted by molar-refractivity contribution is -0.117. The minimum absolute atomic E-state index is 0.0900. The van der Waals surface area contributed by atoms with Crippen molar-refractivity contribution < 1.29 is 9.59 Å². The Balaban J connectivity index is 1.57. The number of benzene rings is 1. The van der Waals surface area contributed by atoms with Crippen LogP contribution in [0.2, 0.25) is 0 Å². The number of thiophene rings is 1. The van der Waals surface area contributed by atoms with E-state index in [-0.39, 0.29) is 18.0 Å². The summed E-state index contributed by atoms with van der Waals surface area (Å²) in [5, 5.41) is 5.18. The number of anilines is 2. The fourth-order valence-electron chi connectivity index (χ4n) is 3.98. The fourth-order valence-corrected chi connectivity index (χ4v) is 4.91. The molecule has 1 saturated heterocycles. The number of urea groups is 1. The van der Waals surface area contributed by atoms with Crippen molar-refractivity contribution in [3.8, 4) is 0 Å². The van der Waals surface area contributed by atoms with Gasteiger partial charge in [0.05, 0.1) is 17.4 Å². The van der Waals surface area contributed by atoms with Gasteiger partial charge < -0.3 is 15.1 Å². The van der Waals surface area contributed by atoms with Gasteiger partial charge >= 0.3 is 6.03 Å². The van der Waals surface area contributed by atoms with E-state index in [2.05, 4.69) is 23.7 Å². The molecule has 4 rings (SSSR count). The number of hydrogen-bond acceptors (Lipinski definition) is 3. The highest BCUT2D eigenvalue weighted by molar-refractivity contribution is 7.10. The summed E-state index contributed by atoms with van der Waals surface area (Å²) in [6, 6.07) is 9.75. The SMILES string of the molecule is CCC1c2ccsc2CCN1C(=O)Nc1ccccc1N1CCCC1=O. The van der Waals surface area contributed by atoms with Crippen molar-refractivity contribution >= 4 is 34.6 Å². The lowest BCUT2D eigenvalue weighted by Gasteiger charge is -2.35. The Morgan fingerprint density at radius 2 is 2.08 bits per heavy atom. The third-order valence-corrected chi connectivity index (χ3v) is 6.25. The number of carbonyl (C=O) groups excluding carboxylic acids is 2. The predicted molar refractivity (Wildman–Crippen MR) is 105 cm³/mol. The molecule has 136 valence electrons. The van der Waals surface area contributed by atoms with Crippen LogP contribution in [0.1, 0.15) is 42.7 Å². The third-order valence-electron chi connectivity index (χ3n) is 5.25. The average Bonchev–Trinajstić information content (AvgIpc) is 3.30. The summed E-state index contributed by atoms with van der Waals surface area (Å²) in [5.74, 6) is 0.124. The molecule has 2 aliphatic rings. The van der Waals surface area contributed by atoms with Crippen LogP contribution >= 0.6 is 11.3 Å². The predicted octanol–water partition coefficient (Wildman–Crippen LogP) is 4.42. The first-order valence-electron chi connectivity index (χ1n) is 9.22. The second-order valence-electron chi connectivity index (χ2n) is 6.76. The summed E-state index contributed by atoms with van der Waals surface area (Å²) in [4.78, 5) is 30.3. The zero-order valence-electron chi connectivity index (χ0n) is 14.9. The van der Waals surface area contributed by atoms with Crippen molar-refractivity contribution in [2.24, 2.45) is 0 Å². The van der Waals surface area contributed by atoms with Crippen LogP contribution in [0.3, 0.4) is 0 Å². The van der Waals surface area contributed by atoms with Crippen molar-refractivity contribution in [1.29, 1.82) is 0 Å². The minimum atomic E-state index is -0.0900. The van der Waals surface area contributed by atoms with Crippen LogP contribution in [-0.2, 0) is 11.2 Å². The topological polar surface area (TPSA) is 52.7 Å². The maximum absolute atomic E-state index is 13.0. The number of rotatable bonds is 3. The molecule has 1 aromatic heterocycles. The molecule has 0 saturated carbocycles. The molecule has 26 heavy (non-hydrogen) atoms. The highest BCUT2D eigenvalue weighted by atomic mass is 32.1. The molecule has 0 bridgehead atoms. The van der Waals surface area contributed by atoms with Gasteiger partial charge in [-0.15, -0.1) is 11.3 Å². The molecule has 1 N–H and O–H groups in total. The number of amides is 3. The Bertz CT molecular complexity index is 832. The molecule has 0 radical (unpaired) electrons. The summed E-state index contributed by atoms with van der Waals surface area (Å²) in [5.41, 5.74) is 2.78. The van der Waals surface area contributed by atoms with Crippen molar-refractivity contribution in [3.63, 3.8) is 0 Å². The zero-order chi connectivity index (χ0) is 18.1. The highest BCUT2D eigenvalue weighted by Crippen LogP contribution is 2.36. The molecule has 3 heterocycles. The normalized spacial score (nSPS) is 19.6. The lowest BCUT2D eigenvalue weighted by atomic mass is 9.98. The van der Waals surface area contributed by atoms with Gasteiger partial charge in [-0.05, 0) is 48.4 Å². The summed E-state index contributed by atoms with van der Waals surface area (Å²) in [6.45, 7) is 3.56. The van der Waals surface area contributed by atoms with Crippen LogP contribution in [-0.4, -0.2) is 29.9 Å². The molecule has 6 heteroatoms. The summed E-state index contributed by atoms with van der Waals surface area (Å²) in [6.07, 6.45) is 3.24. The van der Waals surface area contributed by atoms with Gasteiger partial charge in [0.15, 0.2) is 0 Å². The molecule has 0 spiro atoms. The van der Waals surface area contributed by atoms with E-state index < -0.39 is 0 Å². The van der Waals surface area contributed by atoms with Crippen molar-refractivity contribution in [2.75, 3.05) is 23.3 Å². The van der Waals surface area contributed by atoms with E-state index in [4.69, 9.17) is 0 Å². The molecule has 3 amide bonds. The Morgan fingerprint density at radius 1 is 1.23 bits per heavy atom. The molecule has 5 nitrogen and oxygen atoms in total. The van der Waals surface area contributed by atoms with E-state index in [0.29, 0.717) is 18.7 Å². The zero-order valence-corrected chi connectivity index (χ0v) is 15.7. The number of nitrogens with zero attached hydrogens (tertiary/aromatic N) is 2. The second kappa shape index (κ2) is 7.11. The van der Waals surface area contributed by atoms with E-state index in [1.54, 1.807) is 16.2 Å². The minimum Gasteiger partial charge on any atom is -0.317 e. The van der Waals surface area contributed by atoms with Crippen LogP contribution in [0.25, 0.3) is 0 Å². The van der Waals surface area contributed by atoms with E-state index in [1.807, 2.05) is 29.2 Å². The van der Waals surface area contributed by atoms with Gasteiger partial charge in [-0.3, -0.25) is 4.79 Å². The Labute approximate surface area is 157 Å². The third kappa shape index (κ3) is 2.98. The smallest absolute Gasteiger partial charge is 0.317 e. The Morgan fingerprint density at radius 3 is 2.85 bits per heavy atom. The number of hydrogen-bond donors (Lipinski definition) is 1. The Hall–Kier alpha value is -2.34. The lowest BCUT2D eigenvalue weighted by Crippen LogP contribution is -2.42. The number of para-hydroxylation sites is 2. The molecule has 2 aromatic rings. The van der Waals surface area contributed by atoms with Gasteiger partial charge in [-0.1, -0.05) is 19.1 Å². The molecule has 1 fully saturated rings. The molecule has 1 atom stereocenters. The molecular weight excluding hydrogens is 346 g/mol. The van der Waals surface area contributed by atoms with Gasteiger partial charge in [0.25, 0.3) is 0 Å². The monoisotopic (exact) mass is 369 g/mol. The van der Waals surface area contributed by atoms with Gasteiger partial charge in [0.1, 0.15) is 0 Å². The average molecular weight is 369 g/mol. The molecule has 0 aliphatic carbocycles. The van der Waals surface area contributed by atoms with Crippen LogP contribution in [0.5, 0.6) is 0 Å². The van der Waals surface area contributed by atoms with Crippen LogP contribution in [0, 0.1) is 0 Å². The molecular formula is C20H23N3O2S. The largest absolute Gasteiger partial charge is 0.322 e. The van der Waals surface area contributed by atoms with E-state index >= 15 is 0 Å². The molecule has 2 aliphatic heterocycles. The summed E-state index contributed by atoms with van der Waals surface area (Å²) < 4.78 is 0. The van der Waals surface area contributed by atoms with Gasteiger partial charge in [0, 0.05) is 24.4 Å².